The number of morpholine rings is 1. The molecule has 0 aromatic heterocycles. The van der Waals surface area contributed by atoms with Crippen LogP contribution in [0.25, 0.3) is 0 Å². The number of hydrogen-bond acceptors (Lipinski definition) is 5. The van der Waals surface area contributed by atoms with Crippen LogP contribution in [-0.2, 0) is 4.74 Å². The Balaban J connectivity index is 1.55. The average Bonchev–Trinajstić information content (AvgIpc) is 2.69. The summed E-state index contributed by atoms with van der Waals surface area (Å²) in [6.07, 6.45) is 1.93. The van der Waals surface area contributed by atoms with Crippen LogP contribution in [0.2, 0.25) is 0 Å². The standard InChI is InChI=1S/C19H26F2N2O4/c1-25-17-12-15(2-3-16(17)27-19(20)21)18(24)23-6-4-14(5-7-23)13-22-8-10-26-11-9-22/h2-3,12,14,19H,4-11,13H2,1H3. The van der Waals surface area contributed by atoms with Gasteiger partial charge in [0, 0.05) is 38.3 Å². The smallest absolute Gasteiger partial charge is 0.387 e. The molecule has 0 unspecified atom stereocenters. The molecule has 0 radical (unpaired) electrons. The van der Waals surface area contributed by atoms with Crippen molar-refractivity contribution < 1.29 is 27.8 Å². The predicted molar refractivity (Wildman–Crippen MR) is 95.5 cm³/mol. The van der Waals surface area contributed by atoms with Crippen LogP contribution in [0.5, 0.6) is 11.5 Å². The highest BCUT2D eigenvalue weighted by atomic mass is 19.3. The number of amides is 1. The average molecular weight is 384 g/mol. The summed E-state index contributed by atoms with van der Waals surface area (Å²) in [5.74, 6) is 0.529. The first-order valence-corrected chi connectivity index (χ1v) is 9.29. The molecule has 2 aliphatic rings. The first kappa shape index (κ1) is 19.8. The Bertz CT molecular complexity index is 630. The molecule has 2 aliphatic heterocycles. The van der Waals surface area contributed by atoms with E-state index in [4.69, 9.17) is 9.47 Å². The van der Waals surface area contributed by atoms with Gasteiger partial charge in [0.2, 0.25) is 0 Å². The van der Waals surface area contributed by atoms with E-state index in [9.17, 15) is 13.6 Å². The number of ether oxygens (including phenoxy) is 3. The molecule has 3 rings (SSSR count). The summed E-state index contributed by atoms with van der Waals surface area (Å²) in [5, 5.41) is 0. The Morgan fingerprint density at radius 1 is 1.19 bits per heavy atom. The summed E-state index contributed by atoms with van der Waals surface area (Å²) in [5.41, 5.74) is 0.417. The van der Waals surface area contributed by atoms with E-state index < -0.39 is 6.61 Å². The fraction of sp³-hybridized carbons (Fsp3) is 0.632. The molecule has 2 fully saturated rings. The lowest BCUT2D eigenvalue weighted by molar-refractivity contribution is -0.0512. The Morgan fingerprint density at radius 2 is 1.89 bits per heavy atom. The normalized spacial score (nSPS) is 19.3. The number of rotatable bonds is 6. The highest BCUT2D eigenvalue weighted by Gasteiger charge is 2.26. The van der Waals surface area contributed by atoms with Gasteiger partial charge in [-0.2, -0.15) is 8.78 Å². The quantitative estimate of drug-likeness (QED) is 0.754. The molecular formula is C19H26F2N2O4. The summed E-state index contributed by atoms with van der Waals surface area (Å²) in [4.78, 5) is 17.0. The molecule has 6 nitrogen and oxygen atoms in total. The Morgan fingerprint density at radius 3 is 2.52 bits per heavy atom. The molecule has 0 N–H and O–H groups in total. The van der Waals surface area contributed by atoms with E-state index in [0.29, 0.717) is 24.6 Å². The molecule has 27 heavy (non-hydrogen) atoms. The number of nitrogens with zero attached hydrogens (tertiary/aromatic N) is 2. The van der Waals surface area contributed by atoms with Crippen LogP contribution in [0.4, 0.5) is 8.78 Å². The monoisotopic (exact) mass is 384 g/mol. The third-order valence-electron chi connectivity index (χ3n) is 5.15. The van der Waals surface area contributed by atoms with Crippen molar-refractivity contribution in [3.63, 3.8) is 0 Å². The summed E-state index contributed by atoms with van der Waals surface area (Å²) < 4.78 is 39.7. The molecule has 8 heteroatoms. The predicted octanol–water partition coefficient (Wildman–Crippen LogP) is 2.48. The molecule has 0 spiro atoms. The minimum atomic E-state index is -2.94. The third kappa shape index (κ3) is 5.29. The number of carbonyl (C=O) groups excluding carboxylic acids is 1. The van der Waals surface area contributed by atoms with Crippen molar-refractivity contribution in [1.82, 2.24) is 9.80 Å². The van der Waals surface area contributed by atoms with Gasteiger partial charge in [-0.05, 0) is 37.0 Å². The zero-order valence-corrected chi connectivity index (χ0v) is 15.5. The second-order valence-electron chi connectivity index (χ2n) is 6.89. The van der Waals surface area contributed by atoms with Crippen LogP contribution in [0.15, 0.2) is 18.2 Å². The van der Waals surface area contributed by atoms with Crippen molar-refractivity contribution in [2.24, 2.45) is 5.92 Å². The zero-order chi connectivity index (χ0) is 19.2. The van der Waals surface area contributed by atoms with Gasteiger partial charge in [-0.25, -0.2) is 0 Å². The first-order chi connectivity index (χ1) is 13.1. The van der Waals surface area contributed by atoms with Crippen LogP contribution in [0.3, 0.4) is 0 Å². The van der Waals surface area contributed by atoms with Crippen LogP contribution in [0, 0.1) is 5.92 Å². The van der Waals surface area contributed by atoms with Crippen molar-refractivity contribution in [3.05, 3.63) is 23.8 Å². The van der Waals surface area contributed by atoms with Crippen molar-refractivity contribution in [3.8, 4) is 11.5 Å². The lowest BCUT2D eigenvalue weighted by Crippen LogP contribution is -2.44. The summed E-state index contributed by atoms with van der Waals surface area (Å²) in [6.45, 7) is 3.06. The number of piperidine rings is 1. The fourth-order valence-corrected chi connectivity index (χ4v) is 3.64. The van der Waals surface area contributed by atoms with E-state index >= 15 is 0 Å². The lowest BCUT2D eigenvalue weighted by Gasteiger charge is -2.36. The van der Waals surface area contributed by atoms with Gasteiger partial charge in [-0.1, -0.05) is 0 Å². The van der Waals surface area contributed by atoms with Gasteiger partial charge in [0.25, 0.3) is 5.91 Å². The fourth-order valence-electron chi connectivity index (χ4n) is 3.64. The minimum Gasteiger partial charge on any atom is -0.493 e. The molecule has 0 aliphatic carbocycles. The topological polar surface area (TPSA) is 51.2 Å². The van der Waals surface area contributed by atoms with Gasteiger partial charge in [0.05, 0.1) is 20.3 Å². The van der Waals surface area contributed by atoms with Crippen molar-refractivity contribution in [1.29, 1.82) is 0 Å². The van der Waals surface area contributed by atoms with Gasteiger partial charge >= 0.3 is 6.61 Å². The van der Waals surface area contributed by atoms with E-state index in [1.165, 1.54) is 25.3 Å². The molecule has 1 aromatic carbocycles. The molecule has 0 atom stereocenters. The molecule has 1 aromatic rings. The number of carbonyl (C=O) groups is 1. The van der Waals surface area contributed by atoms with Gasteiger partial charge in [-0.3, -0.25) is 9.69 Å². The Kier molecular flexibility index (Phi) is 6.84. The van der Waals surface area contributed by atoms with E-state index in [1.54, 1.807) is 0 Å². The molecule has 150 valence electrons. The maximum atomic E-state index is 12.8. The zero-order valence-electron chi connectivity index (χ0n) is 15.5. The molecule has 2 saturated heterocycles. The van der Waals surface area contributed by atoms with Gasteiger partial charge in [0.15, 0.2) is 11.5 Å². The van der Waals surface area contributed by atoms with Gasteiger partial charge < -0.3 is 19.1 Å². The third-order valence-corrected chi connectivity index (χ3v) is 5.15. The van der Waals surface area contributed by atoms with Crippen molar-refractivity contribution in [2.75, 3.05) is 53.0 Å². The Labute approximate surface area is 158 Å². The summed E-state index contributed by atoms with van der Waals surface area (Å²) >= 11 is 0. The largest absolute Gasteiger partial charge is 0.493 e. The molecule has 2 heterocycles. The number of hydrogen-bond donors (Lipinski definition) is 0. The number of halogens is 2. The number of likely N-dealkylation sites (tertiary alicyclic amines) is 1. The van der Waals surface area contributed by atoms with Crippen LogP contribution in [0.1, 0.15) is 23.2 Å². The van der Waals surface area contributed by atoms with Crippen molar-refractivity contribution >= 4 is 5.91 Å². The highest BCUT2D eigenvalue weighted by Crippen LogP contribution is 2.30. The highest BCUT2D eigenvalue weighted by molar-refractivity contribution is 5.95. The minimum absolute atomic E-state index is 0.0757. The van der Waals surface area contributed by atoms with Crippen LogP contribution >= 0.6 is 0 Å². The van der Waals surface area contributed by atoms with Gasteiger partial charge in [0.1, 0.15) is 0 Å². The summed E-state index contributed by atoms with van der Waals surface area (Å²) in [7, 11) is 1.36. The molecule has 1 amide bonds. The molecular weight excluding hydrogens is 358 g/mol. The van der Waals surface area contributed by atoms with Crippen molar-refractivity contribution in [2.45, 2.75) is 19.5 Å². The number of methoxy groups -OCH3 is 1. The van der Waals surface area contributed by atoms with E-state index in [1.807, 2.05) is 4.90 Å². The number of benzene rings is 1. The van der Waals surface area contributed by atoms with Gasteiger partial charge in [-0.15, -0.1) is 0 Å². The lowest BCUT2D eigenvalue weighted by atomic mass is 9.95. The number of alkyl halides is 2. The second-order valence-corrected chi connectivity index (χ2v) is 6.89. The summed E-state index contributed by atoms with van der Waals surface area (Å²) in [6, 6.07) is 4.31. The SMILES string of the molecule is COc1cc(C(=O)N2CCC(CN3CCOCC3)CC2)ccc1OC(F)F. The first-order valence-electron chi connectivity index (χ1n) is 9.29. The Hall–Kier alpha value is -1.93. The maximum Gasteiger partial charge on any atom is 0.387 e. The van der Waals surface area contributed by atoms with E-state index in [-0.39, 0.29) is 17.4 Å². The maximum absolute atomic E-state index is 12.8. The van der Waals surface area contributed by atoms with Crippen LogP contribution in [-0.4, -0.2) is 75.4 Å². The van der Waals surface area contributed by atoms with E-state index in [0.717, 1.165) is 45.7 Å². The van der Waals surface area contributed by atoms with E-state index in [2.05, 4.69) is 9.64 Å². The molecule has 0 saturated carbocycles. The molecule has 0 bridgehead atoms. The van der Waals surface area contributed by atoms with Crippen LogP contribution < -0.4 is 9.47 Å². The second kappa shape index (κ2) is 9.32.